The SMILES string of the molecule is Cc1c(N)nsc1N1CCC(C(C)C)CC1. The van der Waals surface area contributed by atoms with Gasteiger partial charge in [0.2, 0.25) is 0 Å². The quantitative estimate of drug-likeness (QED) is 0.863. The highest BCUT2D eigenvalue weighted by Crippen LogP contribution is 2.34. The molecule has 2 rings (SSSR count). The Labute approximate surface area is 102 Å². The lowest BCUT2D eigenvalue weighted by molar-refractivity contribution is 0.312. The van der Waals surface area contributed by atoms with Gasteiger partial charge >= 0.3 is 0 Å². The van der Waals surface area contributed by atoms with Gasteiger partial charge in [-0.25, -0.2) is 0 Å². The molecule has 0 aliphatic carbocycles. The van der Waals surface area contributed by atoms with Crippen molar-refractivity contribution in [3.05, 3.63) is 5.56 Å². The molecule has 0 saturated carbocycles. The fourth-order valence-electron chi connectivity index (χ4n) is 2.40. The second-order valence-corrected chi connectivity index (χ2v) is 5.82. The first kappa shape index (κ1) is 11.7. The summed E-state index contributed by atoms with van der Waals surface area (Å²) >= 11 is 1.54. The van der Waals surface area contributed by atoms with Crippen LogP contribution >= 0.6 is 11.5 Å². The Bertz CT molecular complexity index is 351. The van der Waals surface area contributed by atoms with Gasteiger partial charge in [0.15, 0.2) is 0 Å². The fourth-order valence-corrected chi connectivity index (χ4v) is 3.26. The number of nitrogen functional groups attached to an aromatic ring is 1. The average molecular weight is 239 g/mol. The average Bonchev–Trinajstić information content (AvgIpc) is 2.60. The Morgan fingerprint density at radius 3 is 2.44 bits per heavy atom. The largest absolute Gasteiger partial charge is 0.383 e. The van der Waals surface area contributed by atoms with Crippen molar-refractivity contribution in [2.45, 2.75) is 33.6 Å². The summed E-state index contributed by atoms with van der Waals surface area (Å²) in [7, 11) is 0. The Balaban J connectivity index is 2.02. The molecule has 0 atom stereocenters. The topological polar surface area (TPSA) is 42.1 Å². The van der Waals surface area contributed by atoms with Crippen LogP contribution < -0.4 is 10.6 Å². The third-order valence-corrected chi connectivity index (χ3v) is 4.73. The van der Waals surface area contributed by atoms with Crippen molar-refractivity contribution in [2.75, 3.05) is 23.7 Å². The van der Waals surface area contributed by atoms with E-state index in [1.54, 1.807) is 11.5 Å². The lowest BCUT2D eigenvalue weighted by atomic mass is 9.87. The number of nitrogens with zero attached hydrogens (tertiary/aromatic N) is 2. The Morgan fingerprint density at radius 1 is 1.38 bits per heavy atom. The zero-order chi connectivity index (χ0) is 11.7. The number of rotatable bonds is 2. The van der Waals surface area contributed by atoms with Crippen molar-refractivity contribution >= 4 is 22.4 Å². The third kappa shape index (κ3) is 2.17. The molecule has 1 aromatic rings. The van der Waals surface area contributed by atoms with Crippen molar-refractivity contribution in [3.8, 4) is 0 Å². The summed E-state index contributed by atoms with van der Waals surface area (Å²) in [6.45, 7) is 9.05. The molecule has 4 heteroatoms. The van der Waals surface area contributed by atoms with Crippen LogP contribution in [0.4, 0.5) is 10.8 Å². The normalized spacial score (nSPS) is 18.4. The maximum absolute atomic E-state index is 5.80. The smallest absolute Gasteiger partial charge is 0.142 e. The number of hydrogen-bond donors (Lipinski definition) is 1. The zero-order valence-electron chi connectivity index (χ0n) is 10.4. The molecule has 0 bridgehead atoms. The molecule has 1 aliphatic heterocycles. The Morgan fingerprint density at radius 2 is 2.00 bits per heavy atom. The Kier molecular flexibility index (Phi) is 3.38. The molecule has 1 saturated heterocycles. The first-order chi connectivity index (χ1) is 7.59. The molecular weight excluding hydrogens is 218 g/mol. The molecule has 2 N–H and O–H groups in total. The van der Waals surface area contributed by atoms with Crippen molar-refractivity contribution in [3.63, 3.8) is 0 Å². The molecule has 16 heavy (non-hydrogen) atoms. The van der Waals surface area contributed by atoms with E-state index in [4.69, 9.17) is 5.73 Å². The van der Waals surface area contributed by atoms with Gasteiger partial charge in [-0.3, -0.25) is 0 Å². The molecule has 0 unspecified atom stereocenters. The van der Waals surface area contributed by atoms with Gasteiger partial charge in [-0.05, 0) is 43.1 Å². The standard InChI is InChI=1S/C12H21N3S/c1-8(2)10-4-6-15(7-5-10)12-9(3)11(13)14-16-12/h8,10H,4-7H2,1-3H3,(H2,13,14). The molecule has 1 aromatic heterocycles. The van der Waals surface area contributed by atoms with E-state index in [-0.39, 0.29) is 0 Å². The van der Waals surface area contributed by atoms with E-state index in [0.29, 0.717) is 5.82 Å². The summed E-state index contributed by atoms with van der Waals surface area (Å²) in [5.74, 6) is 2.41. The molecule has 0 spiro atoms. The van der Waals surface area contributed by atoms with Gasteiger partial charge in [0.05, 0.1) is 0 Å². The third-order valence-electron chi connectivity index (χ3n) is 3.71. The van der Waals surface area contributed by atoms with Crippen LogP contribution in [0.2, 0.25) is 0 Å². The number of anilines is 2. The predicted molar refractivity (Wildman–Crippen MR) is 71.0 cm³/mol. The van der Waals surface area contributed by atoms with Crippen LogP contribution in [0.5, 0.6) is 0 Å². The number of nitrogens with two attached hydrogens (primary N) is 1. The van der Waals surface area contributed by atoms with E-state index in [1.807, 2.05) is 0 Å². The zero-order valence-corrected chi connectivity index (χ0v) is 11.2. The summed E-state index contributed by atoms with van der Waals surface area (Å²) in [6.07, 6.45) is 2.60. The maximum atomic E-state index is 5.80. The van der Waals surface area contributed by atoms with Crippen LogP contribution in [0.3, 0.4) is 0 Å². The monoisotopic (exact) mass is 239 g/mol. The number of aromatic nitrogens is 1. The van der Waals surface area contributed by atoms with Crippen molar-refractivity contribution < 1.29 is 0 Å². The van der Waals surface area contributed by atoms with Crippen LogP contribution in [-0.4, -0.2) is 17.5 Å². The summed E-state index contributed by atoms with van der Waals surface area (Å²) in [5, 5.41) is 1.28. The van der Waals surface area contributed by atoms with Crippen LogP contribution in [0.25, 0.3) is 0 Å². The lowest BCUT2D eigenvalue weighted by Crippen LogP contribution is -2.35. The lowest BCUT2D eigenvalue weighted by Gasteiger charge is -2.34. The van der Waals surface area contributed by atoms with Crippen LogP contribution in [0.15, 0.2) is 0 Å². The molecule has 0 aromatic carbocycles. The Hall–Kier alpha value is -0.770. The highest BCUT2D eigenvalue weighted by atomic mass is 32.1. The minimum Gasteiger partial charge on any atom is -0.383 e. The highest BCUT2D eigenvalue weighted by molar-refractivity contribution is 7.10. The molecule has 1 fully saturated rings. The fraction of sp³-hybridized carbons (Fsp3) is 0.750. The second kappa shape index (κ2) is 4.62. The van der Waals surface area contributed by atoms with Gasteiger partial charge in [0.25, 0.3) is 0 Å². The molecular formula is C12H21N3S. The molecule has 0 amide bonds. The summed E-state index contributed by atoms with van der Waals surface area (Å²) < 4.78 is 4.22. The molecule has 1 aliphatic rings. The van der Waals surface area contributed by atoms with E-state index in [9.17, 15) is 0 Å². The van der Waals surface area contributed by atoms with E-state index in [2.05, 4.69) is 30.0 Å². The van der Waals surface area contributed by atoms with Crippen LogP contribution in [-0.2, 0) is 0 Å². The summed E-state index contributed by atoms with van der Waals surface area (Å²) in [4.78, 5) is 2.45. The highest BCUT2D eigenvalue weighted by Gasteiger charge is 2.24. The van der Waals surface area contributed by atoms with Crippen molar-refractivity contribution in [2.24, 2.45) is 11.8 Å². The van der Waals surface area contributed by atoms with Gasteiger partial charge in [-0.15, -0.1) is 0 Å². The van der Waals surface area contributed by atoms with E-state index in [1.165, 1.54) is 17.8 Å². The van der Waals surface area contributed by atoms with Gasteiger partial charge < -0.3 is 10.6 Å². The minimum absolute atomic E-state index is 0.700. The van der Waals surface area contributed by atoms with Gasteiger partial charge in [0.1, 0.15) is 10.8 Å². The van der Waals surface area contributed by atoms with E-state index in [0.717, 1.165) is 30.5 Å². The van der Waals surface area contributed by atoms with Gasteiger partial charge in [0, 0.05) is 18.7 Å². The summed E-state index contributed by atoms with van der Waals surface area (Å²) in [5.41, 5.74) is 6.96. The van der Waals surface area contributed by atoms with E-state index < -0.39 is 0 Å². The molecule has 90 valence electrons. The molecule has 0 radical (unpaired) electrons. The predicted octanol–water partition coefficient (Wildman–Crippen LogP) is 2.91. The van der Waals surface area contributed by atoms with Gasteiger partial charge in [-0.1, -0.05) is 13.8 Å². The maximum Gasteiger partial charge on any atom is 0.142 e. The van der Waals surface area contributed by atoms with Crippen molar-refractivity contribution in [1.82, 2.24) is 4.37 Å². The van der Waals surface area contributed by atoms with E-state index >= 15 is 0 Å². The van der Waals surface area contributed by atoms with Crippen molar-refractivity contribution in [1.29, 1.82) is 0 Å². The second-order valence-electron chi connectivity index (χ2n) is 5.07. The van der Waals surface area contributed by atoms with Crippen LogP contribution in [0, 0.1) is 18.8 Å². The number of piperidine rings is 1. The minimum atomic E-state index is 0.700. The van der Waals surface area contributed by atoms with Gasteiger partial charge in [-0.2, -0.15) is 4.37 Å². The molecule has 2 heterocycles. The first-order valence-electron chi connectivity index (χ1n) is 6.06. The summed E-state index contributed by atoms with van der Waals surface area (Å²) in [6, 6.07) is 0. The molecule has 3 nitrogen and oxygen atoms in total. The number of hydrogen-bond acceptors (Lipinski definition) is 4. The first-order valence-corrected chi connectivity index (χ1v) is 6.83. The van der Waals surface area contributed by atoms with Crippen LogP contribution in [0.1, 0.15) is 32.3 Å².